The minimum atomic E-state index is -2.60. The van der Waals surface area contributed by atoms with Crippen LogP contribution in [-0.4, -0.2) is 76.1 Å². The summed E-state index contributed by atoms with van der Waals surface area (Å²) >= 11 is 0. The number of rotatable bonds is 10. The summed E-state index contributed by atoms with van der Waals surface area (Å²) in [5, 5.41) is 21.3. The van der Waals surface area contributed by atoms with Crippen LogP contribution in [0.2, 0.25) is 0 Å². The number of esters is 2. The number of ether oxygens (including phenoxy) is 2. The van der Waals surface area contributed by atoms with Crippen molar-refractivity contribution in [3.63, 3.8) is 0 Å². The van der Waals surface area contributed by atoms with Gasteiger partial charge in [0.05, 0.1) is 38.2 Å². The SMILES string of the molecule is COP(C)(=O)c1ccc([N+](C)(C)C)cc1.O=C(OC(C(=O)[O-])C(OC(=O)c1ccccc1)C(=O)O)c1ccccc1. The first kappa shape index (κ1) is 32.9. The molecule has 0 bridgehead atoms. The van der Waals surface area contributed by atoms with Crippen molar-refractivity contribution < 1.29 is 48.0 Å². The molecule has 0 radical (unpaired) electrons. The van der Waals surface area contributed by atoms with Crippen molar-refractivity contribution >= 4 is 42.2 Å². The zero-order valence-electron chi connectivity index (χ0n) is 23.3. The fraction of sp³-hybridized carbons (Fsp3) is 0.241. The molecular formula is C29H32NO10P. The molecule has 0 aromatic heterocycles. The van der Waals surface area contributed by atoms with E-state index < -0.39 is 43.5 Å². The van der Waals surface area contributed by atoms with E-state index in [1.807, 2.05) is 24.3 Å². The Balaban J connectivity index is 0.000000333. The van der Waals surface area contributed by atoms with Crippen LogP contribution in [0.4, 0.5) is 5.69 Å². The molecule has 0 heterocycles. The molecule has 1 N–H and O–H groups in total. The lowest BCUT2D eigenvalue weighted by molar-refractivity contribution is -0.317. The monoisotopic (exact) mass is 585 g/mol. The van der Waals surface area contributed by atoms with Crippen molar-refractivity contribution in [3.8, 4) is 0 Å². The molecule has 3 rings (SSSR count). The molecule has 11 nitrogen and oxygen atoms in total. The molecule has 0 saturated carbocycles. The van der Waals surface area contributed by atoms with E-state index in [1.54, 1.807) is 18.8 Å². The second-order valence-electron chi connectivity index (χ2n) is 9.60. The number of carbonyl (C=O) groups excluding carboxylic acids is 3. The van der Waals surface area contributed by atoms with Crippen molar-refractivity contribution in [2.45, 2.75) is 12.2 Å². The Labute approximate surface area is 237 Å². The van der Waals surface area contributed by atoms with Gasteiger partial charge in [0.1, 0.15) is 5.69 Å². The van der Waals surface area contributed by atoms with E-state index in [1.165, 1.54) is 61.3 Å². The Kier molecular flexibility index (Phi) is 11.5. The predicted molar refractivity (Wildman–Crippen MR) is 150 cm³/mol. The average Bonchev–Trinajstić information content (AvgIpc) is 2.95. The Morgan fingerprint density at radius 1 is 0.756 bits per heavy atom. The van der Waals surface area contributed by atoms with E-state index in [-0.39, 0.29) is 11.1 Å². The van der Waals surface area contributed by atoms with Gasteiger partial charge in [-0.15, -0.1) is 0 Å². The van der Waals surface area contributed by atoms with Gasteiger partial charge in [-0.3, -0.25) is 9.05 Å². The van der Waals surface area contributed by atoms with E-state index in [0.29, 0.717) is 0 Å². The zero-order chi connectivity index (χ0) is 30.8. The quantitative estimate of drug-likeness (QED) is 0.213. The van der Waals surface area contributed by atoms with E-state index in [9.17, 15) is 34.0 Å². The summed E-state index contributed by atoms with van der Waals surface area (Å²) in [6, 6.07) is 22.4. The molecule has 3 aromatic rings. The molecule has 3 unspecified atom stereocenters. The number of aliphatic carboxylic acids is 2. The maximum absolute atomic E-state index is 12.0. The van der Waals surface area contributed by atoms with Gasteiger partial charge < -0.3 is 29.0 Å². The molecule has 0 fully saturated rings. The average molecular weight is 586 g/mol. The summed E-state index contributed by atoms with van der Waals surface area (Å²) in [4.78, 5) is 46.7. The molecule has 218 valence electrons. The van der Waals surface area contributed by atoms with E-state index in [2.05, 4.69) is 21.1 Å². The number of carbonyl (C=O) groups is 4. The molecule has 0 aliphatic heterocycles. The Morgan fingerprint density at radius 3 is 1.51 bits per heavy atom. The lowest BCUT2D eigenvalue weighted by Gasteiger charge is -2.24. The molecule has 0 amide bonds. The van der Waals surface area contributed by atoms with Gasteiger partial charge in [-0.25, -0.2) is 14.4 Å². The Morgan fingerprint density at radius 2 is 1.17 bits per heavy atom. The van der Waals surface area contributed by atoms with Crippen LogP contribution in [0.15, 0.2) is 84.9 Å². The summed E-state index contributed by atoms with van der Waals surface area (Å²) in [6.07, 6.45) is -4.60. The minimum Gasteiger partial charge on any atom is -0.546 e. The summed E-state index contributed by atoms with van der Waals surface area (Å²) in [5.74, 6) is -5.99. The topological polar surface area (TPSA) is 156 Å². The first-order chi connectivity index (χ1) is 19.2. The second-order valence-corrected chi connectivity index (χ2v) is 12.2. The molecule has 0 saturated heterocycles. The maximum Gasteiger partial charge on any atom is 0.349 e. The van der Waals surface area contributed by atoms with Crippen molar-refractivity contribution in [2.24, 2.45) is 0 Å². The Bertz CT molecular complexity index is 1320. The molecule has 3 atom stereocenters. The third kappa shape index (κ3) is 9.68. The molecule has 3 aromatic carbocycles. The van der Waals surface area contributed by atoms with E-state index in [4.69, 9.17) is 14.0 Å². The number of carboxylic acids is 2. The molecule has 0 aliphatic rings. The predicted octanol–water partition coefficient (Wildman–Crippen LogP) is 2.34. The molecule has 12 heteroatoms. The molecule has 0 spiro atoms. The maximum atomic E-state index is 12.0. The Hall–Kier alpha value is -4.31. The minimum absolute atomic E-state index is 0.00252. The highest BCUT2D eigenvalue weighted by molar-refractivity contribution is 7.66. The van der Waals surface area contributed by atoms with E-state index >= 15 is 0 Å². The molecule has 41 heavy (non-hydrogen) atoms. The molecular weight excluding hydrogens is 553 g/mol. The van der Waals surface area contributed by atoms with Gasteiger partial charge in [-0.2, -0.15) is 0 Å². The zero-order valence-corrected chi connectivity index (χ0v) is 24.1. The van der Waals surface area contributed by atoms with Crippen LogP contribution < -0.4 is 14.9 Å². The lowest BCUT2D eigenvalue weighted by atomic mass is 10.1. The number of hydrogen-bond donors (Lipinski definition) is 1. The van der Waals surface area contributed by atoms with Crippen LogP contribution in [0.25, 0.3) is 0 Å². The van der Waals surface area contributed by atoms with Gasteiger partial charge in [0.15, 0.2) is 6.10 Å². The normalized spacial score (nSPS) is 13.8. The number of hydrogen-bond acceptors (Lipinski definition) is 9. The second kappa shape index (κ2) is 14.4. The highest BCUT2D eigenvalue weighted by atomic mass is 31.2. The summed E-state index contributed by atoms with van der Waals surface area (Å²) in [5.41, 5.74) is 1.18. The number of benzene rings is 3. The smallest absolute Gasteiger partial charge is 0.349 e. The summed E-state index contributed by atoms with van der Waals surface area (Å²) in [6.45, 7) is 1.63. The third-order valence-corrected chi connectivity index (χ3v) is 7.61. The van der Waals surface area contributed by atoms with Crippen LogP contribution in [0.5, 0.6) is 0 Å². The van der Waals surface area contributed by atoms with Crippen molar-refractivity contribution in [1.82, 2.24) is 4.48 Å². The fourth-order valence-corrected chi connectivity index (χ4v) is 4.17. The van der Waals surface area contributed by atoms with Gasteiger partial charge in [0.25, 0.3) is 0 Å². The van der Waals surface area contributed by atoms with Crippen LogP contribution in [-0.2, 0) is 28.2 Å². The standard InChI is InChI=1S/C18H14O8.C11H19NO2P/c19-15(20)13(25-17(23)11-7-3-1-4-8-11)14(16(21)22)26-18(24)12-9-5-2-6-10-12;1-12(2,3)10-6-8-11(9-7-10)15(5,13)14-4/h1-10,13-14H,(H,19,20)(H,21,22);6-9H,1-5H3/q;+1/p-1. The number of quaternary nitrogens is 1. The molecule has 0 aliphatic carbocycles. The van der Waals surface area contributed by atoms with Gasteiger partial charge >= 0.3 is 17.9 Å². The first-order valence-corrected chi connectivity index (χ1v) is 14.3. The van der Waals surface area contributed by atoms with Crippen LogP contribution >= 0.6 is 7.37 Å². The van der Waals surface area contributed by atoms with Crippen molar-refractivity contribution in [3.05, 3.63) is 96.1 Å². The third-order valence-electron chi connectivity index (χ3n) is 5.68. The van der Waals surface area contributed by atoms with Gasteiger partial charge in [0, 0.05) is 19.1 Å². The van der Waals surface area contributed by atoms with Gasteiger partial charge in [-0.05, 0) is 48.5 Å². The fourth-order valence-electron chi connectivity index (χ4n) is 3.27. The van der Waals surface area contributed by atoms with Gasteiger partial charge in [0.2, 0.25) is 13.5 Å². The van der Waals surface area contributed by atoms with Crippen molar-refractivity contribution in [2.75, 3.05) is 34.9 Å². The number of nitrogens with zero attached hydrogens (tertiary/aromatic N) is 1. The summed E-state index contributed by atoms with van der Waals surface area (Å²) in [7, 11) is 5.16. The van der Waals surface area contributed by atoms with E-state index in [0.717, 1.165) is 9.79 Å². The highest BCUT2D eigenvalue weighted by Gasteiger charge is 2.36. The summed E-state index contributed by atoms with van der Waals surface area (Å²) < 4.78 is 27.1. The van der Waals surface area contributed by atoms with Crippen LogP contribution in [0.3, 0.4) is 0 Å². The number of carboxylic acid groups (broad SMARTS) is 2. The van der Waals surface area contributed by atoms with Crippen LogP contribution in [0, 0.1) is 0 Å². The van der Waals surface area contributed by atoms with Gasteiger partial charge in [-0.1, -0.05) is 36.4 Å². The van der Waals surface area contributed by atoms with Crippen LogP contribution in [0.1, 0.15) is 20.7 Å². The largest absolute Gasteiger partial charge is 0.546 e. The lowest BCUT2D eigenvalue weighted by Crippen LogP contribution is -2.51. The highest BCUT2D eigenvalue weighted by Crippen LogP contribution is 2.40. The first-order valence-electron chi connectivity index (χ1n) is 12.2. The van der Waals surface area contributed by atoms with Crippen molar-refractivity contribution in [1.29, 1.82) is 0 Å².